The highest BCUT2D eigenvalue weighted by Gasteiger charge is 2.23. The maximum atomic E-state index is 12.9. The third-order valence-corrected chi connectivity index (χ3v) is 5.23. The number of fused-ring (bicyclic) bond motifs is 1. The van der Waals surface area contributed by atoms with Crippen molar-refractivity contribution >= 4 is 22.8 Å². The van der Waals surface area contributed by atoms with Crippen LogP contribution in [0.1, 0.15) is 21.5 Å². The van der Waals surface area contributed by atoms with Gasteiger partial charge in [-0.05, 0) is 35.4 Å². The topological polar surface area (TPSA) is 77.5 Å². The Morgan fingerprint density at radius 3 is 2.48 bits per heavy atom. The third-order valence-electron chi connectivity index (χ3n) is 5.23. The summed E-state index contributed by atoms with van der Waals surface area (Å²) in [5, 5.41) is 3.63. The number of hydrogen-bond acceptors (Lipinski definition) is 5. The number of carbonyl (C=O) groups excluding carboxylic acids is 2. The van der Waals surface area contributed by atoms with Gasteiger partial charge < -0.3 is 14.8 Å². The average molecular weight is 440 g/mol. The van der Waals surface area contributed by atoms with Crippen LogP contribution >= 0.6 is 0 Å². The number of para-hydroxylation sites is 1. The van der Waals surface area contributed by atoms with E-state index in [2.05, 4.69) is 10.3 Å². The van der Waals surface area contributed by atoms with E-state index in [0.717, 1.165) is 22.0 Å². The van der Waals surface area contributed by atoms with Crippen molar-refractivity contribution in [3.8, 4) is 5.75 Å². The van der Waals surface area contributed by atoms with Crippen LogP contribution in [0.5, 0.6) is 5.75 Å². The second-order valence-electron chi connectivity index (χ2n) is 7.59. The summed E-state index contributed by atoms with van der Waals surface area (Å²) in [6, 6.07) is 25.8. The van der Waals surface area contributed by atoms with Crippen molar-refractivity contribution in [2.75, 3.05) is 7.11 Å². The zero-order valence-corrected chi connectivity index (χ0v) is 18.2. The molecular formula is C27H24N2O4. The Morgan fingerprint density at radius 1 is 0.909 bits per heavy atom. The molecule has 4 rings (SSSR count). The normalized spacial score (nSPS) is 11.5. The molecule has 0 spiro atoms. The predicted molar refractivity (Wildman–Crippen MR) is 126 cm³/mol. The number of hydrogen-bond donors (Lipinski definition) is 1. The molecule has 3 aromatic carbocycles. The van der Waals surface area contributed by atoms with Gasteiger partial charge in [-0.15, -0.1) is 0 Å². The van der Waals surface area contributed by atoms with Crippen molar-refractivity contribution in [2.24, 2.45) is 0 Å². The van der Waals surface area contributed by atoms with Crippen molar-refractivity contribution < 1.29 is 19.1 Å². The summed E-state index contributed by atoms with van der Waals surface area (Å²) in [5.41, 5.74) is 3.08. The van der Waals surface area contributed by atoms with Crippen molar-refractivity contribution in [1.82, 2.24) is 10.3 Å². The number of ether oxygens (including phenoxy) is 2. The van der Waals surface area contributed by atoms with E-state index >= 15 is 0 Å². The van der Waals surface area contributed by atoms with E-state index < -0.39 is 12.0 Å². The van der Waals surface area contributed by atoms with Gasteiger partial charge in [0.1, 0.15) is 18.4 Å². The molecule has 0 aliphatic rings. The number of methoxy groups -OCH3 is 1. The van der Waals surface area contributed by atoms with Crippen molar-refractivity contribution in [3.05, 3.63) is 108 Å². The first-order chi connectivity index (χ1) is 16.1. The Bertz CT molecular complexity index is 1260. The largest absolute Gasteiger partial charge is 0.489 e. The fraction of sp³-hybridized carbons (Fsp3) is 0.148. The first kappa shape index (κ1) is 22.0. The Kier molecular flexibility index (Phi) is 6.95. The molecule has 33 heavy (non-hydrogen) atoms. The fourth-order valence-corrected chi connectivity index (χ4v) is 3.51. The van der Waals surface area contributed by atoms with Crippen LogP contribution in [0.15, 0.2) is 91.1 Å². The molecule has 0 fully saturated rings. The minimum Gasteiger partial charge on any atom is -0.489 e. The first-order valence-corrected chi connectivity index (χ1v) is 10.6. The SMILES string of the molecule is COC(=O)[C@@H](Cc1cccc(OCc2ccccc2)c1)NC(=O)c1cnc2ccccc2c1. The molecule has 4 aromatic rings. The molecule has 0 saturated carbocycles. The van der Waals surface area contributed by atoms with Gasteiger partial charge in [-0.1, -0.05) is 60.7 Å². The summed E-state index contributed by atoms with van der Waals surface area (Å²) in [5.74, 6) is -0.224. The lowest BCUT2D eigenvalue weighted by atomic mass is 10.0. The quantitative estimate of drug-likeness (QED) is 0.413. The van der Waals surface area contributed by atoms with Crippen LogP contribution in [-0.2, 0) is 22.6 Å². The summed E-state index contributed by atoms with van der Waals surface area (Å²) in [6.07, 6.45) is 1.77. The molecule has 1 atom stereocenters. The molecule has 1 N–H and O–H groups in total. The van der Waals surface area contributed by atoms with Gasteiger partial charge in [0.25, 0.3) is 5.91 Å². The zero-order valence-electron chi connectivity index (χ0n) is 18.2. The number of esters is 1. The van der Waals surface area contributed by atoms with Gasteiger partial charge in [0.05, 0.1) is 18.2 Å². The molecule has 1 amide bonds. The Labute approximate surface area is 192 Å². The first-order valence-electron chi connectivity index (χ1n) is 10.6. The molecule has 0 radical (unpaired) electrons. The monoisotopic (exact) mass is 440 g/mol. The van der Waals surface area contributed by atoms with Crippen LogP contribution in [0.4, 0.5) is 0 Å². The fourth-order valence-electron chi connectivity index (χ4n) is 3.51. The summed E-state index contributed by atoms with van der Waals surface area (Å²) < 4.78 is 10.8. The third kappa shape index (κ3) is 5.74. The number of nitrogens with one attached hydrogen (secondary N) is 1. The number of rotatable bonds is 8. The Balaban J connectivity index is 1.46. The van der Waals surface area contributed by atoms with Gasteiger partial charge in [0.2, 0.25) is 0 Å². The minimum absolute atomic E-state index is 0.266. The highest BCUT2D eigenvalue weighted by molar-refractivity contribution is 5.99. The van der Waals surface area contributed by atoms with Crippen LogP contribution < -0.4 is 10.1 Å². The van der Waals surface area contributed by atoms with E-state index in [1.165, 1.54) is 13.3 Å². The number of benzene rings is 3. The van der Waals surface area contributed by atoms with E-state index in [9.17, 15) is 9.59 Å². The maximum Gasteiger partial charge on any atom is 0.328 e. The van der Waals surface area contributed by atoms with Crippen molar-refractivity contribution in [2.45, 2.75) is 19.1 Å². The molecule has 0 saturated heterocycles. The van der Waals surface area contributed by atoms with E-state index in [-0.39, 0.29) is 12.3 Å². The highest BCUT2D eigenvalue weighted by Crippen LogP contribution is 2.18. The summed E-state index contributed by atoms with van der Waals surface area (Å²) >= 11 is 0. The smallest absolute Gasteiger partial charge is 0.328 e. The van der Waals surface area contributed by atoms with E-state index in [4.69, 9.17) is 9.47 Å². The predicted octanol–water partition coefficient (Wildman–Crippen LogP) is 4.33. The molecule has 6 nitrogen and oxygen atoms in total. The lowest BCUT2D eigenvalue weighted by Gasteiger charge is -2.17. The lowest BCUT2D eigenvalue weighted by molar-refractivity contribution is -0.142. The minimum atomic E-state index is -0.849. The number of aromatic nitrogens is 1. The Hall–Kier alpha value is -4.19. The number of carbonyl (C=O) groups is 2. The molecule has 1 aromatic heterocycles. The van der Waals surface area contributed by atoms with Gasteiger partial charge in [-0.3, -0.25) is 9.78 Å². The van der Waals surface area contributed by atoms with Gasteiger partial charge in [0, 0.05) is 18.0 Å². The molecule has 6 heteroatoms. The van der Waals surface area contributed by atoms with Crippen LogP contribution in [0.3, 0.4) is 0 Å². The second kappa shape index (κ2) is 10.4. The van der Waals surface area contributed by atoms with Gasteiger partial charge in [-0.2, -0.15) is 0 Å². The van der Waals surface area contributed by atoms with Gasteiger partial charge >= 0.3 is 5.97 Å². The summed E-state index contributed by atoms with van der Waals surface area (Å²) in [4.78, 5) is 29.6. The Morgan fingerprint density at radius 2 is 1.67 bits per heavy atom. The van der Waals surface area contributed by atoms with E-state index in [1.54, 1.807) is 6.07 Å². The van der Waals surface area contributed by atoms with Gasteiger partial charge in [-0.25, -0.2) is 4.79 Å². The lowest BCUT2D eigenvalue weighted by Crippen LogP contribution is -2.43. The highest BCUT2D eigenvalue weighted by atomic mass is 16.5. The standard InChI is InChI=1S/C27H24N2O4/c1-32-27(31)25(29-26(30)22-16-21-11-5-6-13-24(21)28-17-22)15-20-10-7-12-23(14-20)33-18-19-8-3-2-4-9-19/h2-14,16-17,25H,15,18H2,1H3,(H,29,30)/t25-/m1/s1. The van der Waals surface area contributed by atoms with Crippen LogP contribution in [0.25, 0.3) is 10.9 Å². The van der Waals surface area contributed by atoms with Crippen LogP contribution in [0.2, 0.25) is 0 Å². The average Bonchev–Trinajstić information content (AvgIpc) is 2.87. The molecule has 0 aliphatic heterocycles. The maximum absolute atomic E-state index is 12.9. The number of amides is 1. The molecular weight excluding hydrogens is 416 g/mol. The van der Waals surface area contributed by atoms with Crippen molar-refractivity contribution in [3.63, 3.8) is 0 Å². The molecule has 166 valence electrons. The number of pyridine rings is 1. The number of nitrogens with zero attached hydrogens (tertiary/aromatic N) is 1. The summed E-state index contributed by atoms with van der Waals surface area (Å²) in [6.45, 7) is 0.441. The van der Waals surface area contributed by atoms with E-state index in [1.807, 2.05) is 78.9 Å². The molecule has 0 aliphatic carbocycles. The van der Waals surface area contributed by atoms with Crippen LogP contribution in [0, 0.1) is 0 Å². The molecule has 0 unspecified atom stereocenters. The summed E-state index contributed by atoms with van der Waals surface area (Å²) in [7, 11) is 1.30. The second-order valence-corrected chi connectivity index (χ2v) is 7.59. The van der Waals surface area contributed by atoms with E-state index in [0.29, 0.717) is 17.9 Å². The molecule has 0 bridgehead atoms. The van der Waals surface area contributed by atoms with Gasteiger partial charge in [0.15, 0.2) is 0 Å². The van der Waals surface area contributed by atoms with Crippen molar-refractivity contribution in [1.29, 1.82) is 0 Å². The van der Waals surface area contributed by atoms with Crippen LogP contribution in [-0.4, -0.2) is 30.0 Å². The molecule has 1 heterocycles. The zero-order chi connectivity index (χ0) is 23.0.